The van der Waals surface area contributed by atoms with Crippen LogP contribution in [0.3, 0.4) is 0 Å². The van der Waals surface area contributed by atoms with Crippen LogP contribution in [0.25, 0.3) is 0 Å². The summed E-state index contributed by atoms with van der Waals surface area (Å²) in [5.41, 5.74) is 1.69. The lowest BCUT2D eigenvalue weighted by Crippen LogP contribution is -2.29. The first kappa shape index (κ1) is 15.7. The number of nitrogens with one attached hydrogen (secondary N) is 1. The molecule has 1 aliphatic rings. The molecule has 6 nitrogen and oxygen atoms in total. The number of phenols is 1. The maximum atomic E-state index is 12.4. The Bertz CT molecular complexity index is 843. The summed E-state index contributed by atoms with van der Waals surface area (Å²) in [6, 6.07) is 8.30. The minimum absolute atomic E-state index is 0.0765. The van der Waals surface area contributed by atoms with E-state index in [2.05, 4.69) is 10.3 Å². The van der Waals surface area contributed by atoms with Crippen LogP contribution in [0.1, 0.15) is 26.4 Å². The van der Waals surface area contributed by atoms with Crippen LogP contribution in [-0.4, -0.2) is 35.3 Å². The van der Waals surface area contributed by atoms with Crippen molar-refractivity contribution in [3.8, 4) is 11.5 Å². The van der Waals surface area contributed by atoms with Crippen LogP contribution in [0, 0.1) is 0 Å². The highest BCUT2D eigenvalue weighted by atomic mass is 16.5. The zero-order chi connectivity index (χ0) is 17.1. The van der Waals surface area contributed by atoms with Crippen LogP contribution in [0.4, 0.5) is 0 Å². The number of carbonyl (C=O) groups is 2. The van der Waals surface area contributed by atoms with Crippen molar-refractivity contribution >= 4 is 11.6 Å². The lowest BCUT2D eigenvalue weighted by Gasteiger charge is -2.15. The van der Waals surface area contributed by atoms with Crippen molar-refractivity contribution in [2.75, 3.05) is 13.7 Å². The van der Waals surface area contributed by atoms with E-state index in [1.165, 1.54) is 19.4 Å². The predicted octanol–water partition coefficient (Wildman–Crippen LogP) is 1.89. The summed E-state index contributed by atoms with van der Waals surface area (Å²) in [5.74, 6) is -0.0404. The molecule has 0 radical (unpaired) electrons. The van der Waals surface area contributed by atoms with Gasteiger partial charge < -0.3 is 15.2 Å². The molecule has 0 aliphatic heterocycles. The third-order valence-electron chi connectivity index (χ3n) is 3.78. The number of carbonyl (C=O) groups excluding carboxylic acids is 2. The summed E-state index contributed by atoms with van der Waals surface area (Å²) in [7, 11) is 1.48. The summed E-state index contributed by atoms with van der Waals surface area (Å²) in [4.78, 5) is 28.4. The molecule has 3 rings (SSSR count). The number of aromatic nitrogens is 1. The van der Waals surface area contributed by atoms with Gasteiger partial charge in [0.15, 0.2) is 17.3 Å². The molecule has 1 aliphatic carbocycles. The lowest BCUT2D eigenvalue weighted by molar-refractivity contribution is 0.0974. The molecule has 1 aromatic carbocycles. The number of hydrogen-bond donors (Lipinski definition) is 2. The molecule has 0 saturated heterocycles. The van der Waals surface area contributed by atoms with E-state index in [-0.39, 0.29) is 28.7 Å². The van der Waals surface area contributed by atoms with E-state index in [0.29, 0.717) is 24.3 Å². The molecule has 6 heteroatoms. The van der Waals surface area contributed by atoms with Crippen LogP contribution in [0.5, 0.6) is 11.5 Å². The summed E-state index contributed by atoms with van der Waals surface area (Å²) < 4.78 is 5.06. The van der Waals surface area contributed by atoms with E-state index in [1.807, 2.05) is 0 Å². The largest absolute Gasteiger partial charge is 0.504 e. The Balaban J connectivity index is 1.67. The molecule has 1 heterocycles. The summed E-state index contributed by atoms with van der Waals surface area (Å²) >= 11 is 0. The van der Waals surface area contributed by atoms with Crippen molar-refractivity contribution in [2.24, 2.45) is 0 Å². The van der Waals surface area contributed by atoms with Gasteiger partial charge in [-0.1, -0.05) is 6.07 Å². The molecular weight excluding hydrogens is 308 g/mol. The number of Topliss-reactive ketones (excluding diaryl/α,β-unsaturated/α-hetero) is 1. The third kappa shape index (κ3) is 2.99. The van der Waals surface area contributed by atoms with E-state index < -0.39 is 0 Å². The number of ether oxygens (including phenoxy) is 1. The molecule has 0 fully saturated rings. The fourth-order valence-electron chi connectivity index (χ4n) is 2.54. The zero-order valence-electron chi connectivity index (χ0n) is 13.1. The van der Waals surface area contributed by atoms with Crippen LogP contribution in [0.15, 0.2) is 48.3 Å². The SMILES string of the molecule is COc1cc(CCNC2=CC(=O)c3cccnc3C2=O)ccc1O. The van der Waals surface area contributed by atoms with Crippen molar-refractivity contribution in [3.05, 3.63) is 65.1 Å². The number of pyridine rings is 1. The van der Waals surface area contributed by atoms with E-state index in [9.17, 15) is 14.7 Å². The van der Waals surface area contributed by atoms with Gasteiger partial charge in [0.2, 0.25) is 5.78 Å². The van der Waals surface area contributed by atoms with Crippen LogP contribution < -0.4 is 10.1 Å². The van der Waals surface area contributed by atoms with Gasteiger partial charge in [-0.3, -0.25) is 14.6 Å². The van der Waals surface area contributed by atoms with Gasteiger partial charge in [0.1, 0.15) is 5.69 Å². The zero-order valence-corrected chi connectivity index (χ0v) is 13.1. The molecule has 2 aromatic rings. The quantitative estimate of drug-likeness (QED) is 0.873. The standard InChI is InChI=1S/C18H16N2O4/c1-24-16-9-11(4-5-14(16)21)6-8-19-13-10-15(22)12-3-2-7-20-17(12)18(13)23/h2-5,7,9-10,19,21H,6,8H2,1H3. The van der Waals surface area contributed by atoms with Gasteiger partial charge in [-0.25, -0.2) is 0 Å². The number of nitrogens with zero attached hydrogens (tertiary/aromatic N) is 1. The number of rotatable bonds is 5. The highest BCUT2D eigenvalue weighted by Crippen LogP contribution is 2.26. The smallest absolute Gasteiger partial charge is 0.228 e. The molecule has 122 valence electrons. The number of phenolic OH excluding ortho intramolecular Hbond substituents is 1. The second-order valence-corrected chi connectivity index (χ2v) is 5.33. The first-order chi connectivity index (χ1) is 11.6. The van der Waals surface area contributed by atoms with Crippen molar-refractivity contribution in [3.63, 3.8) is 0 Å². The monoisotopic (exact) mass is 324 g/mol. The van der Waals surface area contributed by atoms with Gasteiger partial charge in [-0.15, -0.1) is 0 Å². The Hall–Kier alpha value is -3.15. The summed E-state index contributed by atoms with van der Waals surface area (Å²) in [6.07, 6.45) is 3.41. The second-order valence-electron chi connectivity index (χ2n) is 5.33. The Morgan fingerprint density at radius 1 is 1.25 bits per heavy atom. The number of methoxy groups -OCH3 is 1. The third-order valence-corrected chi connectivity index (χ3v) is 3.78. The highest BCUT2D eigenvalue weighted by Gasteiger charge is 2.26. The Morgan fingerprint density at radius 3 is 2.88 bits per heavy atom. The normalized spacial score (nSPS) is 13.3. The van der Waals surface area contributed by atoms with Gasteiger partial charge in [-0.05, 0) is 36.2 Å². The number of allylic oxidation sites excluding steroid dienone is 2. The average Bonchev–Trinajstić information content (AvgIpc) is 2.60. The van der Waals surface area contributed by atoms with Crippen molar-refractivity contribution in [2.45, 2.75) is 6.42 Å². The molecular formula is C18H16N2O4. The number of fused-ring (bicyclic) bond motifs is 1. The first-order valence-electron chi connectivity index (χ1n) is 7.45. The van der Waals surface area contributed by atoms with Gasteiger partial charge in [0.05, 0.1) is 18.4 Å². The fourth-order valence-corrected chi connectivity index (χ4v) is 2.54. The Morgan fingerprint density at radius 2 is 2.08 bits per heavy atom. The van der Waals surface area contributed by atoms with Crippen LogP contribution >= 0.6 is 0 Å². The van der Waals surface area contributed by atoms with Crippen LogP contribution in [-0.2, 0) is 6.42 Å². The topological polar surface area (TPSA) is 88.5 Å². The Kier molecular flexibility index (Phi) is 4.29. The minimum atomic E-state index is -0.284. The maximum absolute atomic E-state index is 12.4. The van der Waals surface area contributed by atoms with Crippen LogP contribution in [0.2, 0.25) is 0 Å². The van der Waals surface area contributed by atoms with E-state index >= 15 is 0 Å². The Labute approximate surface area is 138 Å². The lowest BCUT2D eigenvalue weighted by atomic mass is 9.97. The average molecular weight is 324 g/mol. The van der Waals surface area contributed by atoms with E-state index in [0.717, 1.165) is 5.56 Å². The fraction of sp³-hybridized carbons (Fsp3) is 0.167. The number of aromatic hydroxyl groups is 1. The molecule has 0 spiro atoms. The molecule has 0 saturated carbocycles. The van der Waals surface area contributed by atoms with E-state index in [1.54, 1.807) is 30.3 Å². The minimum Gasteiger partial charge on any atom is -0.504 e. The van der Waals surface area contributed by atoms with Crippen molar-refractivity contribution in [1.82, 2.24) is 10.3 Å². The molecule has 0 bridgehead atoms. The van der Waals surface area contributed by atoms with Gasteiger partial charge >= 0.3 is 0 Å². The number of ketones is 2. The molecule has 0 atom stereocenters. The summed E-state index contributed by atoms with van der Waals surface area (Å²) in [6.45, 7) is 0.459. The molecule has 2 N–H and O–H groups in total. The summed E-state index contributed by atoms with van der Waals surface area (Å²) in [5, 5.41) is 12.6. The molecule has 1 aromatic heterocycles. The second kappa shape index (κ2) is 6.54. The van der Waals surface area contributed by atoms with Gasteiger partial charge in [-0.2, -0.15) is 0 Å². The van der Waals surface area contributed by atoms with Gasteiger partial charge in [0.25, 0.3) is 0 Å². The van der Waals surface area contributed by atoms with E-state index in [4.69, 9.17) is 4.74 Å². The maximum Gasteiger partial charge on any atom is 0.228 e. The van der Waals surface area contributed by atoms with Crippen molar-refractivity contribution in [1.29, 1.82) is 0 Å². The molecule has 24 heavy (non-hydrogen) atoms. The number of benzene rings is 1. The molecule has 0 amide bonds. The molecule has 0 unspecified atom stereocenters. The van der Waals surface area contributed by atoms with Crippen molar-refractivity contribution < 1.29 is 19.4 Å². The van der Waals surface area contributed by atoms with Gasteiger partial charge in [0, 0.05) is 18.8 Å². The number of hydrogen-bond acceptors (Lipinski definition) is 6. The highest BCUT2D eigenvalue weighted by molar-refractivity contribution is 6.23. The predicted molar refractivity (Wildman–Crippen MR) is 87.3 cm³/mol. The first-order valence-corrected chi connectivity index (χ1v) is 7.45.